The molecule has 1 aliphatic heterocycles. The molecule has 2 heterocycles. The number of carboxylic acids is 1. The summed E-state index contributed by atoms with van der Waals surface area (Å²) in [5.41, 5.74) is 5.22. The topological polar surface area (TPSA) is 268 Å². The highest BCUT2D eigenvalue weighted by Crippen LogP contribution is 2.33. The predicted octanol–water partition coefficient (Wildman–Crippen LogP) is -0.798. The molecule has 37 heavy (non-hydrogen) atoms. The number of primary sulfonamides is 1. The summed E-state index contributed by atoms with van der Waals surface area (Å²) in [6, 6.07) is 2.37. The van der Waals surface area contributed by atoms with E-state index in [0.717, 1.165) is 6.07 Å². The number of nitrogens with two attached hydrogens (primary N) is 2. The number of imidazole rings is 1. The Morgan fingerprint density at radius 3 is 2.35 bits per heavy atom. The van der Waals surface area contributed by atoms with Crippen LogP contribution in [0.2, 0.25) is 0 Å². The van der Waals surface area contributed by atoms with Gasteiger partial charge in [0.25, 0.3) is 0 Å². The molecule has 0 saturated carbocycles. The third kappa shape index (κ3) is 7.99. The van der Waals surface area contributed by atoms with Crippen LogP contribution in [0.4, 0.5) is 24.8 Å². The minimum atomic E-state index is -5.08. The van der Waals surface area contributed by atoms with Gasteiger partial charge in [0, 0.05) is 25.5 Å². The number of nitrogens with one attached hydrogen (secondary N) is 3. The van der Waals surface area contributed by atoms with E-state index in [-0.39, 0.29) is 36.2 Å². The average Bonchev–Trinajstić information content (AvgIpc) is 3.50. The second-order valence-corrected chi connectivity index (χ2v) is 10.1. The van der Waals surface area contributed by atoms with Gasteiger partial charge in [-0.2, -0.15) is 18.3 Å². The van der Waals surface area contributed by atoms with Crippen molar-refractivity contribution in [2.45, 2.75) is 22.1 Å². The van der Waals surface area contributed by atoms with E-state index in [1.54, 1.807) is 0 Å². The summed E-state index contributed by atoms with van der Waals surface area (Å²) in [4.78, 5) is 18.3. The van der Waals surface area contributed by atoms with E-state index in [1.807, 2.05) is 0 Å². The molecule has 0 spiro atoms. The van der Waals surface area contributed by atoms with Crippen LogP contribution in [0.25, 0.3) is 0 Å². The van der Waals surface area contributed by atoms with E-state index in [0.29, 0.717) is 0 Å². The van der Waals surface area contributed by atoms with Crippen molar-refractivity contribution in [3.05, 3.63) is 30.1 Å². The number of nitrogens with zero attached hydrogens (tertiary/aromatic N) is 4. The average molecular weight is 572 g/mol. The number of aliphatic imine (C=N–C) groups is 1. The maximum absolute atomic E-state index is 12.8. The van der Waals surface area contributed by atoms with Crippen molar-refractivity contribution in [3.8, 4) is 0 Å². The number of aromatic nitrogens is 2. The molecule has 204 valence electrons. The fourth-order valence-electron chi connectivity index (χ4n) is 2.57. The second-order valence-electron chi connectivity index (χ2n) is 6.83. The van der Waals surface area contributed by atoms with Crippen molar-refractivity contribution in [1.29, 1.82) is 0 Å². The van der Waals surface area contributed by atoms with E-state index in [1.165, 1.54) is 18.5 Å². The summed E-state index contributed by atoms with van der Waals surface area (Å²) in [6.07, 6.45) is -3.26. The Morgan fingerprint density at radius 1 is 1.24 bits per heavy atom. The van der Waals surface area contributed by atoms with Gasteiger partial charge in [-0.25, -0.2) is 41.5 Å². The van der Waals surface area contributed by atoms with Gasteiger partial charge in [-0.3, -0.25) is 0 Å². The molecule has 2 aromatic rings. The molecule has 0 amide bonds. The van der Waals surface area contributed by atoms with Crippen LogP contribution in [0.1, 0.15) is 5.56 Å². The van der Waals surface area contributed by atoms with E-state index in [2.05, 4.69) is 35.2 Å². The molecule has 1 aromatic carbocycles. The number of rotatable bonds is 9. The molecular weight excluding hydrogens is 551 g/mol. The zero-order valence-electron chi connectivity index (χ0n) is 18.3. The number of benzene rings is 1. The number of anilines is 2. The first-order valence-electron chi connectivity index (χ1n) is 9.64. The molecule has 0 fully saturated rings. The second kappa shape index (κ2) is 11.7. The van der Waals surface area contributed by atoms with Crippen molar-refractivity contribution in [2.24, 2.45) is 26.1 Å². The molecule has 0 radical (unpaired) electrons. The molecule has 16 nitrogen and oxygen atoms in total. The van der Waals surface area contributed by atoms with Crippen LogP contribution in [-0.2, 0) is 24.8 Å². The van der Waals surface area contributed by atoms with Crippen molar-refractivity contribution in [3.63, 3.8) is 0 Å². The molecule has 9 N–H and O–H groups in total. The quantitative estimate of drug-likeness (QED) is 0.197. The van der Waals surface area contributed by atoms with Crippen LogP contribution >= 0.6 is 0 Å². The zero-order chi connectivity index (χ0) is 28.0. The molecule has 0 bridgehead atoms. The number of hydrogen-bond acceptors (Lipinski definition) is 12. The Bertz CT molecular complexity index is 1390. The molecule has 1 aliphatic rings. The lowest BCUT2D eigenvalue weighted by Gasteiger charge is -2.17. The number of hydrogen-bond donors (Lipinski definition) is 7. The van der Waals surface area contributed by atoms with Crippen LogP contribution in [-0.4, -0.2) is 80.9 Å². The summed E-state index contributed by atoms with van der Waals surface area (Å²) in [5, 5.41) is 32.4. The minimum absolute atomic E-state index is 0.0580. The van der Waals surface area contributed by atoms with E-state index < -0.39 is 54.6 Å². The Morgan fingerprint density at radius 2 is 1.89 bits per heavy atom. The van der Waals surface area contributed by atoms with E-state index in [9.17, 15) is 35.1 Å². The van der Waals surface area contributed by atoms with Gasteiger partial charge in [-0.1, -0.05) is 0 Å². The Kier molecular flexibility index (Phi) is 9.40. The highest BCUT2D eigenvalue weighted by atomic mass is 32.2. The lowest BCUT2D eigenvalue weighted by molar-refractivity contribution is -0.192. The van der Waals surface area contributed by atoms with Crippen molar-refractivity contribution < 1.29 is 45.0 Å². The SMILES string of the molecule is NC[C@@H](O)CNS(=O)(=O)c1ccc(Nc2ncc[nH]2)c(C2=NCN=N2)c1S(N)(=O)=O.O=C(O)C(F)(F)F. The Labute approximate surface area is 206 Å². The molecule has 1 atom stereocenters. The van der Waals surface area contributed by atoms with Crippen LogP contribution < -0.4 is 20.9 Å². The van der Waals surface area contributed by atoms with Gasteiger partial charge in [0.15, 0.2) is 12.5 Å². The zero-order valence-corrected chi connectivity index (χ0v) is 20.0. The normalized spacial score (nSPS) is 14.5. The number of alkyl halides is 3. The first-order valence-corrected chi connectivity index (χ1v) is 12.7. The summed E-state index contributed by atoms with van der Waals surface area (Å²) in [7, 11) is -9.00. The summed E-state index contributed by atoms with van der Waals surface area (Å²) < 4.78 is 84.4. The number of amidine groups is 1. The number of azo groups is 1. The number of aliphatic carboxylic acids is 1. The number of sulfonamides is 2. The van der Waals surface area contributed by atoms with E-state index >= 15 is 0 Å². The van der Waals surface area contributed by atoms with Crippen molar-refractivity contribution >= 4 is 43.5 Å². The number of aromatic amines is 1. The number of aliphatic hydroxyl groups is 1. The molecule has 0 unspecified atom stereocenters. The first kappa shape index (κ1) is 29.7. The lowest BCUT2D eigenvalue weighted by Crippen LogP contribution is -2.37. The number of H-pyrrole nitrogens is 1. The highest BCUT2D eigenvalue weighted by Gasteiger charge is 2.38. The van der Waals surface area contributed by atoms with Gasteiger partial charge < -0.3 is 26.2 Å². The maximum Gasteiger partial charge on any atom is 0.490 e. The van der Waals surface area contributed by atoms with Crippen LogP contribution in [0.3, 0.4) is 0 Å². The summed E-state index contributed by atoms with van der Waals surface area (Å²) in [5.74, 6) is -2.62. The smallest absolute Gasteiger partial charge is 0.475 e. The van der Waals surface area contributed by atoms with Crippen LogP contribution in [0.15, 0.2) is 49.5 Å². The predicted molar refractivity (Wildman–Crippen MR) is 120 cm³/mol. The van der Waals surface area contributed by atoms with Gasteiger partial charge >= 0.3 is 12.1 Å². The van der Waals surface area contributed by atoms with Crippen LogP contribution in [0.5, 0.6) is 0 Å². The van der Waals surface area contributed by atoms with Gasteiger partial charge in [-0.05, 0) is 12.1 Å². The molecule has 3 rings (SSSR count). The molecular formula is C16H20F3N9O7S2. The standard InChI is InChI=1S/C14H19N9O5S2.C2HF3O2/c15-5-8(24)6-21-30(27,28)10-2-1-9(22-14-17-3-4-18-14)11(12(10)29(16,25)26)13-19-7-20-23-13;3-2(4,5)1(6)7/h1-4,8,21,24H,5-7,15H2,(H2,16,25,26)(H2,17,18,22);(H,6,7)/t8-;/m1./s1. The monoisotopic (exact) mass is 571 g/mol. The summed E-state index contributed by atoms with van der Waals surface area (Å²) >= 11 is 0. The number of halogens is 3. The maximum atomic E-state index is 12.8. The number of aliphatic hydroxyl groups excluding tert-OH is 1. The Balaban J connectivity index is 0.000000604. The number of carboxylic acid groups (broad SMARTS) is 1. The largest absolute Gasteiger partial charge is 0.490 e. The molecule has 0 aliphatic carbocycles. The highest BCUT2D eigenvalue weighted by molar-refractivity contribution is 7.92. The molecule has 0 saturated heterocycles. The van der Waals surface area contributed by atoms with Gasteiger partial charge in [-0.15, -0.1) is 5.11 Å². The summed E-state index contributed by atoms with van der Waals surface area (Å²) in [6.45, 7) is -0.679. The fraction of sp³-hybridized carbons (Fsp3) is 0.312. The van der Waals surface area contributed by atoms with Crippen molar-refractivity contribution in [2.75, 3.05) is 25.1 Å². The van der Waals surface area contributed by atoms with Gasteiger partial charge in [0.1, 0.15) is 9.79 Å². The molecule has 1 aromatic heterocycles. The Hall–Kier alpha value is -3.50. The minimum Gasteiger partial charge on any atom is -0.475 e. The number of carbonyl (C=O) groups is 1. The van der Waals surface area contributed by atoms with Gasteiger partial charge in [0.05, 0.1) is 17.4 Å². The van der Waals surface area contributed by atoms with E-state index in [4.69, 9.17) is 20.8 Å². The third-order valence-electron chi connectivity index (χ3n) is 4.14. The van der Waals surface area contributed by atoms with Crippen molar-refractivity contribution in [1.82, 2.24) is 14.7 Å². The third-order valence-corrected chi connectivity index (χ3v) is 6.73. The van der Waals surface area contributed by atoms with Crippen LogP contribution in [0, 0.1) is 0 Å². The fourth-order valence-corrected chi connectivity index (χ4v) is 5.24. The lowest BCUT2D eigenvalue weighted by atomic mass is 10.1. The van der Waals surface area contributed by atoms with Gasteiger partial charge in [0.2, 0.25) is 26.0 Å². The molecule has 21 heteroatoms. The first-order chi connectivity index (χ1) is 17.1.